The Kier molecular flexibility index (Phi) is 7.36. The van der Waals surface area contributed by atoms with E-state index in [2.05, 4.69) is 31.0 Å². The number of fused-ring (bicyclic) bond motifs is 1. The molecule has 1 saturated carbocycles. The number of aliphatic imine (C=N–C) groups is 1. The average molecular weight is 440 g/mol. The van der Waals surface area contributed by atoms with Gasteiger partial charge in [-0.25, -0.2) is 9.67 Å². The second-order valence-electron chi connectivity index (χ2n) is 8.54. The van der Waals surface area contributed by atoms with Gasteiger partial charge in [-0.05, 0) is 37.0 Å². The monoisotopic (exact) mass is 439 g/mol. The van der Waals surface area contributed by atoms with E-state index in [1.54, 1.807) is 14.2 Å². The van der Waals surface area contributed by atoms with Crippen molar-refractivity contribution in [3.05, 3.63) is 41.5 Å². The molecule has 0 spiro atoms. The summed E-state index contributed by atoms with van der Waals surface area (Å²) in [7, 11) is 3.42. The largest absolute Gasteiger partial charge is 0.377 e. The van der Waals surface area contributed by atoms with Crippen LogP contribution in [0.1, 0.15) is 49.3 Å². The van der Waals surface area contributed by atoms with Gasteiger partial charge in [0.1, 0.15) is 12.4 Å². The third kappa shape index (κ3) is 5.64. The maximum Gasteiger partial charge on any atom is 0.227 e. The van der Waals surface area contributed by atoms with E-state index in [9.17, 15) is 4.79 Å². The van der Waals surface area contributed by atoms with Crippen LogP contribution in [0.4, 0.5) is 5.69 Å². The number of amides is 1. The number of anilines is 1. The van der Waals surface area contributed by atoms with Crippen molar-refractivity contribution >= 4 is 17.6 Å². The van der Waals surface area contributed by atoms with Gasteiger partial charge in [-0.15, -0.1) is 0 Å². The van der Waals surface area contributed by atoms with E-state index in [0.29, 0.717) is 13.2 Å². The fraction of sp³-hybridized carbons (Fsp3) is 0.565. The summed E-state index contributed by atoms with van der Waals surface area (Å²) >= 11 is 0. The number of benzene rings is 1. The molecule has 2 heterocycles. The second-order valence-corrected chi connectivity index (χ2v) is 8.54. The zero-order valence-corrected chi connectivity index (χ0v) is 18.9. The number of rotatable bonds is 7. The lowest BCUT2D eigenvalue weighted by Gasteiger charge is -2.25. The number of carbonyl (C=O) groups excluding carboxylic acids is 1. The van der Waals surface area contributed by atoms with Crippen molar-refractivity contribution in [1.29, 1.82) is 0 Å². The van der Waals surface area contributed by atoms with Gasteiger partial charge >= 0.3 is 0 Å². The van der Waals surface area contributed by atoms with Crippen LogP contribution in [0.15, 0.2) is 29.3 Å². The molecule has 9 nitrogen and oxygen atoms in total. The van der Waals surface area contributed by atoms with E-state index < -0.39 is 0 Å². The molecule has 1 aromatic carbocycles. The summed E-state index contributed by atoms with van der Waals surface area (Å²) in [6, 6.07) is 8.21. The Morgan fingerprint density at radius 3 is 2.91 bits per heavy atom. The number of nitrogens with zero attached hydrogens (tertiary/aromatic N) is 4. The Hall–Kier alpha value is -2.94. The van der Waals surface area contributed by atoms with Gasteiger partial charge in [-0.2, -0.15) is 5.10 Å². The maximum atomic E-state index is 12.4. The van der Waals surface area contributed by atoms with Gasteiger partial charge in [0.2, 0.25) is 5.91 Å². The summed E-state index contributed by atoms with van der Waals surface area (Å²) < 4.78 is 7.10. The number of hydrogen-bond acceptors (Lipinski definition) is 5. The van der Waals surface area contributed by atoms with Crippen molar-refractivity contribution in [1.82, 2.24) is 25.4 Å². The molecular formula is C23H33N7O2. The summed E-state index contributed by atoms with van der Waals surface area (Å²) in [6.07, 6.45) is 6.14. The zero-order valence-electron chi connectivity index (χ0n) is 18.9. The highest BCUT2D eigenvalue weighted by Gasteiger charge is 2.23. The highest BCUT2D eigenvalue weighted by molar-refractivity contribution is 5.92. The Morgan fingerprint density at radius 2 is 2.12 bits per heavy atom. The number of methoxy groups -OCH3 is 1. The molecule has 1 aliphatic carbocycles. The fourth-order valence-electron chi connectivity index (χ4n) is 4.43. The quantitative estimate of drug-likeness (QED) is 0.451. The molecule has 1 atom stereocenters. The number of guanidine groups is 1. The molecule has 0 saturated heterocycles. The van der Waals surface area contributed by atoms with Crippen LogP contribution in [-0.4, -0.2) is 46.8 Å². The number of ether oxygens (including phenoxy) is 1. The zero-order chi connectivity index (χ0) is 22.3. The predicted octanol–water partition coefficient (Wildman–Crippen LogP) is 2.23. The molecule has 1 aromatic heterocycles. The SMILES string of the molecule is CN=C(NCc1cccc(NC(=O)C2CCCC2)c1)NC1CCc2nc(COC)nn2C1. The third-order valence-corrected chi connectivity index (χ3v) is 6.12. The number of hydrogen-bond donors (Lipinski definition) is 3. The van der Waals surface area contributed by atoms with E-state index in [0.717, 1.165) is 73.9 Å². The van der Waals surface area contributed by atoms with E-state index in [1.807, 2.05) is 28.9 Å². The average Bonchev–Trinajstić information content (AvgIpc) is 3.47. The molecule has 1 unspecified atom stereocenters. The third-order valence-electron chi connectivity index (χ3n) is 6.12. The lowest BCUT2D eigenvalue weighted by molar-refractivity contribution is -0.119. The van der Waals surface area contributed by atoms with Gasteiger partial charge in [-0.3, -0.25) is 9.79 Å². The van der Waals surface area contributed by atoms with Crippen LogP contribution >= 0.6 is 0 Å². The highest BCUT2D eigenvalue weighted by Crippen LogP contribution is 2.26. The van der Waals surface area contributed by atoms with Crippen LogP contribution in [0.25, 0.3) is 0 Å². The van der Waals surface area contributed by atoms with Gasteiger partial charge in [0, 0.05) is 44.8 Å². The van der Waals surface area contributed by atoms with Crippen molar-refractivity contribution in [2.75, 3.05) is 19.5 Å². The molecular weight excluding hydrogens is 406 g/mol. The fourth-order valence-corrected chi connectivity index (χ4v) is 4.43. The van der Waals surface area contributed by atoms with Crippen molar-refractivity contribution in [3.63, 3.8) is 0 Å². The Bertz CT molecular complexity index is 950. The summed E-state index contributed by atoms with van der Waals surface area (Å²) in [5.74, 6) is 2.78. The predicted molar refractivity (Wildman–Crippen MR) is 123 cm³/mol. The standard InChI is InChI=1S/C23H33N7O2/c1-24-23(27-19-10-11-21-28-20(15-32-2)29-30(21)14-19)25-13-16-6-5-9-18(12-16)26-22(31)17-7-3-4-8-17/h5-6,9,12,17,19H,3-4,7-8,10-11,13-15H2,1-2H3,(H,26,31)(H2,24,25,27). The normalized spacial score (nSPS) is 18.9. The lowest BCUT2D eigenvalue weighted by atomic mass is 10.1. The van der Waals surface area contributed by atoms with Crippen LogP contribution in [0.5, 0.6) is 0 Å². The highest BCUT2D eigenvalue weighted by atomic mass is 16.5. The first-order valence-electron chi connectivity index (χ1n) is 11.4. The van der Waals surface area contributed by atoms with Crippen LogP contribution in [0, 0.1) is 5.92 Å². The number of nitrogens with one attached hydrogen (secondary N) is 3. The summed E-state index contributed by atoms with van der Waals surface area (Å²) in [4.78, 5) is 21.3. The molecule has 0 radical (unpaired) electrons. The van der Waals surface area contributed by atoms with E-state index in [4.69, 9.17) is 4.74 Å². The smallest absolute Gasteiger partial charge is 0.227 e. The molecule has 1 amide bonds. The second kappa shape index (κ2) is 10.6. The van der Waals surface area contributed by atoms with Crippen molar-refractivity contribution in [2.24, 2.45) is 10.9 Å². The van der Waals surface area contributed by atoms with Crippen molar-refractivity contribution in [3.8, 4) is 0 Å². The lowest BCUT2D eigenvalue weighted by Crippen LogP contribution is -2.46. The number of carbonyl (C=O) groups is 1. The van der Waals surface area contributed by atoms with Crippen LogP contribution < -0.4 is 16.0 Å². The first-order valence-corrected chi connectivity index (χ1v) is 11.4. The van der Waals surface area contributed by atoms with E-state index in [-0.39, 0.29) is 17.9 Å². The van der Waals surface area contributed by atoms with E-state index >= 15 is 0 Å². The molecule has 2 aromatic rings. The number of aryl methyl sites for hydroxylation is 1. The number of aromatic nitrogens is 3. The Balaban J connectivity index is 1.28. The van der Waals surface area contributed by atoms with Gasteiger partial charge in [0.15, 0.2) is 11.8 Å². The summed E-state index contributed by atoms with van der Waals surface area (Å²) in [5.41, 5.74) is 1.94. The van der Waals surface area contributed by atoms with Gasteiger partial charge in [0.05, 0.1) is 6.54 Å². The topological polar surface area (TPSA) is 105 Å². The maximum absolute atomic E-state index is 12.4. The molecule has 2 aliphatic rings. The Morgan fingerprint density at radius 1 is 1.28 bits per heavy atom. The van der Waals surface area contributed by atoms with Gasteiger partial charge in [0.25, 0.3) is 0 Å². The van der Waals surface area contributed by atoms with Crippen LogP contribution in [0.2, 0.25) is 0 Å². The minimum absolute atomic E-state index is 0.142. The molecule has 0 bridgehead atoms. The molecule has 172 valence electrons. The molecule has 1 aliphatic heterocycles. The van der Waals surface area contributed by atoms with Gasteiger partial charge < -0.3 is 20.7 Å². The minimum Gasteiger partial charge on any atom is -0.377 e. The van der Waals surface area contributed by atoms with Crippen molar-refractivity contribution < 1.29 is 9.53 Å². The van der Waals surface area contributed by atoms with Gasteiger partial charge in [-0.1, -0.05) is 25.0 Å². The first-order chi connectivity index (χ1) is 15.6. The molecule has 9 heteroatoms. The van der Waals surface area contributed by atoms with Crippen LogP contribution in [0.3, 0.4) is 0 Å². The summed E-state index contributed by atoms with van der Waals surface area (Å²) in [6.45, 7) is 1.79. The molecule has 4 rings (SSSR count). The minimum atomic E-state index is 0.142. The van der Waals surface area contributed by atoms with Crippen LogP contribution in [-0.2, 0) is 35.6 Å². The Labute approximate surface area is 189 Å². The molecule has 1 fully saturated rings. The van der Waals surface area contributed by atoms with Crippen molar-refractivity contribution in [2.45, 2.75) is 64.3 Å². The van der Waals surface area contributed by atoms with E-state index in [1.165, 1.54) is 0 Å². The molecule has 3 N–H and O–H groups in total. The molecule has 32 heavy (non-hydrogen) atoms. The first kappa shape index (κ1) is 22.3. The summed E-state index contributed by atoms with van der Waals surface area (Å²) in [5, 5.41) is 14.5.